The summed E-state index contributed by atoms with van der Waals surface area (Å²) in [6, 6.07) is 25.7. The second-order valence-electron chi connectivity index (χ2n) is 7.81. The average Bonchev–Trinajstić information content (AvgIpc) is 3.15. The molecule has 6 nitrogen and oxygen atoms in total. The number of aliphatic hydroxyl groups is 1. The van der Waals surface area contributed by atoms with Crippen LogP contribution in [0.25, 0.3) is 0 Å². The van der Waals surface area contributed by atoms with Crippen molar-refractivity contribution in [1.29, 1.82) is 0 Å². The van der Waals surface area contributed by atoms with E-state index in [1.54, 1.807) is 11.8 Å². The van der Waals surface area contributed by atoms with Crippen molar-refractivity contribution in [3.63, 3.8) is 0 Å². The molecule has 1 aromatic heterocycles. The molecule has 1 aliphatic rings. The van der Waals surface area contributed by atoms with E-state index in [4.69, 9.17) is 4.84 Å². The molecule has 0 amide bonds. The summed E-state index contributed by atoms with van der Waals surface area (Å²) in [6.07, 6.45) is 0.465. The van der Waals surface area contributed by atoms with Crippen LogP contribution in [0, 0.1) is 0 Å². The van der Waals surface area contributed by atoms with Crippen LogP contribution in [0.1, 0.15) is 28.7 Å². The van der Waals surface area contributed by atoms with Crippen LogP contribution in [0.5, 0.6) is 11.8 Å². The molecule has 0 unspecified atom stereocenters. The quantitative estimate of drug-likeness (QED) is 0.414. The predicted molar refractivity (Wildman–Crippen MR) is 123 cm³/mol. The minimum atomic E-state index is -1.28. The lowest BCUT2D eigenvalue weighted by atomic mass is 9.79. The van der Waals surface area contributed by atoms with E-state index in [9.17, 15) is 20.1 Å². The summed E-state index contributed by atoms with van der Waals surface area (Å²) in [7, 11) is 0. The van der Waals surface area contributed by atoms with Crippen molar-refractivity contribution in [2.75, 3.05) is 0 Å². The number of hydrogen-bond acceptors (Lipinski definition) is 6. The number of benzene rings is 3. The van der Waals surface area contributed by atoms with Gasteiger partial charge in [-0.3, -0.25) is 0 Å². The molecule has 2 heterocycles. The van der Waals surface area contributed by atoms with Crippen LogP contribution in [-0.4, -0.2) is 26.0 Å². The molecule has 4 aromatic rings. The van der Waals surface area contributed by atoms with Crippen LogP contribution < -0.4 is 4.84 Å². The molecule has 0 fully saturated rings. The third-order valence-corrected chi connectivity index (χ3v) is 6.91. The lowest BCUT2D eigenvalue weighted by molar-refractivity contribution is -0.145. The first-order valence-electron chi connectivity index (χ1n) is 10.5. The summed E-state index contributed by atoms with van der Waals surface area (Å²) < 4.78 is 0.678. The predicted octanol–water partition coefficient (Wildman–Crippen LogP) is 4.24. The van der Waals surface area contributed by atoms with Crippen molar-refractivity contribution in [2.45, 2.75) is 28.2 Å². The van der Waals surface area contributed by atoms with Crippen LogP contribution in [0.4, 0.5) is 0 Å². The minimum Gasteiger partial charge on any atom is -0.492 e. The van der Waals surface area contributed by atoms with E-state index >= 15 is 0 Å². The molecular formula is C26H21NO5S. The number of aromatic hydroxyl groups is 2. The van der Waals surface area contributed by atoms with Crippen molar-refractivity contribution >= 4 is 17.7 Å². The number of carbonyl (C=O) groups is 1. The van der Waals surface area contributed by atoms with Gasteiger partial charge in [-0.2, -0.15) is 0 Å². The molecule has 0 radical (unpaired) electrons. The van der Waals surface area contributed by atoms with Gasteiger partial charge < -0.3 is 20.2 Å². The van der Waals surface area contributed by atoms with Crippen molar-refractivity contribution in [1.82, 2.24) is 4.73 Å². The average molecular weight is 460 g/mol. The van der Waals surface area contributed by atoms with E-state index in [1.807, 2.05) is 72.8 Å². The Morgan fingerprint density at radius 1 is 0.818 bits per heavy atom. The molecule has 5 rings (SSSR count). The molecule has 33 heavy (non-hydrogen) atoms. The summed E-state index contributed by atoms with van der Waals surface area (Å²) >= 11 is 1.65. The Morgan fingerprint density at radius 2 is 1.36 bits per heavy atom. The highest BCUT2D eigenvalue weighted by molar-refractivity contribution is 7.99. The lowest BCUT2D eigenvalue weighted by Gasteiger charge is -2.36. The maximum absolute atomic E-state index is 12.1. The van der Waals surface area contributed by atoms with Gasteiger partial charge in [0.2, 0.25) is 11.8 Å². The Morgan fingerprint density at radius 3 is 1.94 bits per heavy atom. The number of aryl methyl sites for hydroxylation is 1. The molecule has 0 saturated heterocycles. The van der Waals surface area contributed by atoms with Gasteiger partial charge in [0.15, 0.2) is 0 Å². The van der Waals surface area contributed by atoms with Crippen molar-refractivity contribution in [2.24, 2.45) is 0 Å². The first-order chi connectivity index (χ1) is 16.0. The second kappa shape index (κ2) is 8.35. The first-order valence-corrected chi connectivity index (χ1v) is 11.3. The number of fused-ring (bicyclic) bond motifs is 2. The third-order valence-electron chi connectivity index (χ3n) is 5.75. The van der Waals surface area contributed by atoms with Gasteiger partial charge in [0, 0.05) is 33.1 Å². The second-order valence-corrected chi connectivity index (χ2v) is 8.89. The molecule has 3 aromatic carbocycles. The largest absolute Gasteiger partial charge is 0.492 e. The molecule has 0 bridgehead atoms. The SMILES string of the molecule is O=C(CCc1ccc(C2(O)c3ccccc3Sc3ccccc32)cc1)On1c(O)ccc1O. The standard InChI is InChI=1S/C26H21NO5S/c28-23-14-15-24(29)27(23)32-25(30)16-11-17-9-12-18(13-10-17)26(31)19-5-1-3-7-21(19)33-22-8-4-2-6-20(22)26/h1-10,12-15,28-29,31H,11,16H2. The normalized spacial score (nSPS) is 13.7. The summed E-state index contributed by atoms with van der Waals surface area (Å²) in [5, 5.41) is 31.2. The van der Waals surface area contributed by atoms with E-state index < -0.39 is 11.6 Å². The summed E-state index contributed by atoms with van der Waals surface area (Å²) in [5.74, 6) is -1.30. The molecule has 0 saturated carbocycles. The van der Waals surface area contributed by atoms with Crippen LogP contribution >= 0.6 is 11.8 Å². The van der Waals surface area contributed by atoms with Gasteiger partial charge in [-0.1, -0.05) is 72.4 Å². The zero-order valence-electron chi connectivity index (χ0n) is 17.5. The number of nitrogens with zero attached hydrogens (tertiary/aromatic N) is 1. The van der Waals surface area contributed by atoms with E-state index in [0.717, 1.165) is 32.0 Å². The van der Waals surface area contributed by atoms with Gasteiger partial charge in [0.1, 0.15) is 5.60 Å². The van der Waals surface area contributed by atoms with Crippen LogP contribution in [-0.2, 0) is 16.8 Å². The van der Waals surface area contributed by atoms with Crippen LogP contribution in [0.3, 0.4) is 0 Å². The van der Waals surface area contributed by atoms with Crippen molar-refractivity contribution < 1.29 is 25.0 Å². The Balaban J connectivity index is 1.37. The van der Waals surface area contributed by atoms with Crippen molar-refractivity contribution in [3.05, 3.63) is 107 Å². The molecule has 166 valence electrons. The smallest absolute Gasteiger partial charge is 0.333 e. The Labute approximate surface area is 194 Å². The van der Waals surface area contributed by atoms with Gasteiger partial charge in [-0.25, -0.2) is 4.79 Å². The third kappa shape index (κ3) is 3.75. The van der Waals surface area contributed by atoms with Gasteiger partial charge in [-0.15, -0.1) is 4.73 Å². The fourth-order valence-corrected chi connectivity index (χ4v) is 5.27. The molecule has 7 heteroatoms. The van der Waals surface area contributed by atoms with Gasteiger partial charge in [-0.05, 0) is 29.7 Å². The minimum absolute atomic E-state index is 0.0585. The molecular weight excluding hydrogens is 438 g/mol. The maximum Gasteiger partial charge on any atom is 0.333 e. The number of aromatic nitrogens is 1. The number of carbonyl (C=O) groups excluding carboxylic acids is 1. The fourth-order valence-electron chi connectivity index (χ4n) is 4.09. The zero-order valence-corrected chi connectivity index (χ0v) is 18.3. The van der Waals surface area contributed by atoms with E-state index in [0.29, 0.717) is 11.2 Å². The van der Waals surface area contributed by atoms with Gasteiger partial charge >= 0.3 is 5.97 Å². The van der Waals surface area contributed by atoms with Crippen molar-refractivity contribution in [3.8, 4) is 11.8 Å². The monoisotopic (exact) mass is 459 g/mol. The molecule has 1 aliphatic heterocycles. The highest BCUT2D eigenvalue weighted by Crippen LogP contribution is 2.50. The Kier molecular flexibility index (Phi) is 5.36. The maximum atomic E-state index is 12.1. The molecule has 0 aliphatic carbocycles. The lowest BCUT2D eigenvalue weighted by Crippen LogP contribution is -2.32. The number of hydrogen-bond donors (Lipinski definition) is 3. The summed E-state index contributed by atoms with van der Waals surface area (Å²) in [6.45, 7) is 0. The van der Waals surface area contributed by atoms with Crippen LogP contribution in [0.2, 0.25) is 0 Å². The van der Waals surface area contributed by atoms with E-state index in [1.165, 1.54) is 12.1 Å². The molecule has 0 atom stereocenters. The summed E-state index contributed by atoms with van der Waals surface area (Å²) in [5.41, 5.74) is 2.05. The highest BCUT2D eigenvalue weighted by Gasteiger charge is 2.40. The zero-order chi connectivity index (χ0) is 23.0. The van der Waals surface area contributed by atoms with E-state index in [2.05, 4.69) is 0 Å². The van der Waals surface area contributed by atoms with Crippen LogP contribution in [0.15, 0.2) is 94.7 Å². The highest BCUT2D eigenvalue weighted by atomic mass is 32.2. The number of rotatable bonds is 5. The topological polar surface area (TPSA) is 91.9 Å². The Hall–Kier alpha value is -3.68. The fraction of sp³-hybridized carbons (Fsp3) is 0.115. The summed E-state index contributed by atoms with van der Waals surface area (Å²) in [4.78, 5) is 19.1. The van der Waals surface area contributed by atoms with Gasteiger partial charge in [0.25, 0.3) is 0 Å². The molecule has 3 N–H and O–H groups in total. The van der Waals surface area contributed by atoms with Gasteiger partial charge in [0.05, 0.1) is 6.42 Å². The Bertz CT molecular complexity index is 1260. The van der Waals surface area contributed by atoms with E-state index in [-0.39, 0.29) is 18.2 Å². The first kappa shape index (κ1) is 21.2. The molecule has 0 spiro atoms.